The van der Waals surface area contributed by atoms with E-state index in [0.717, 1.165) is 30.3 Å². The summed E-state index contributed by atoms with van der Waals surface area (Å²) in [6, 6.07) is 8.24. The Hall–Kier alpha value is -2.36. The van der Waals surface area contributed by atoms with Crippen LogP contribution < -0.4 is 0 Å². The van der Waals surface area contributed by atoms with Gasteiger partial charge >= 0.3 is 0 Å². The van der Waals surface area contributed by atoms with Crippen LogP contribution in [0.5, 0.6) is 0 Å². The van der Waals surface area contributed by atoms with Crippen molar-refractivity contribution in [2.24, 2.45) is 7.05 Å². The minimum atomic E-state index is 0.667. The predicted octanol–water partition coefficient (Wildman–Crippen LogP) is 2.50. The van der Waals surface area contributed by atoms with Crippen molar-refractivity contribution in [3.8, 4) is 0 Å². The molecule has 0 bridgehead atoms. The number of benzene rings is 1. The van der Waals surface area contributed by atoms with Gasteiger partial charge in [0.15, 0.2) is 6.29 Å². The van der Waals surface area contributed by atoms with Crippen LogP contribution in [0.4, 0.5) is 0 Å². The molecule has 0 radical (unpaired) electrons. The molecule has 0 aliphatic carbocycles. The lowest BCUT2D eigenvalue weighted by Crippen LogP contribution is -1.99. The van der Waals surface area contributed by atoms with E-state index < -0.39 is 0 Å². The normalized spacial score (nSPS) is 11.0. The Kier molecular flexibility index (Phi) is 2.91. The maximum absolute atomic E-state index is 11.0. The number of hydrogen-bond donors (Lipinski definition) is 1. The Morgan fingerprint density at radius 1 is 1.32 bits per heavy atom. The SMILES string of the molecule is Cn1cnc(CCc2c[nH]c3ccccc23)c1C=O. The van der Waals surface area contributed by atoms with Crippen molar-refractivity contribution in [2.45, 2.75) is 12.8 Å². The number of imidazole rings is 1. The molecule has 2 aromatic heterocycles. The van der Waals surface area contributed by atoms with Crippen LogP contribution in [-0.4, -0.2) is 20.8 Å². The first-order valence-electron chi connectivity index (χ1n) is 6.30. The lowest BCUT2D eigenvalue weighted by Gasteiger charge is -2.00. The number of aryl methyl sites for hydroxylation is 3. The molecule has 3 rings (SSSR count). The molecule has 96 valence electrons. The van der Waals surface area contributed by atoms with Crippen LogP contribution in [0.2, 0.25) is 0 Å². The highest BCUT2D eigenvalue weighted by atomic mass is 16.1. The summed E-state index contributed by atoms with van der Waals surface area (Å²) in [6.07, 6.45) is 6.25. The number of aromatic amines is 1. The lowest BCUT2D eigenvalue weighted by atomic mass is 10.1. The molecule has 3 aromatic rings. The molecule has 0 saturated heterocycles. The Bertz CT molecular complexity index is 724. The van der Waals surface area contributed by atoms with Gasteiger partial charge in [-0.25, -0.2) is 4.98 Å². The summed E-state index contributed by atoms with van der Waals surface area (Å²) < 4.78 is 1.76. The highest BCUT2D eigenvalue weighted by molar-refractivity contribution is 5.83. The van der Waals surface area contributed by atoms with Crippen LogP contribution in [0.15, 0.2) is 36.8 Å². The standard InChI is InChI=1S/C15H15N3O/c1-18-10-17-14(15(18)9-19)7-6-11-8-16-13-5-3-2-4-12(11)13/h2-5,8-10,16H,6-7H2,1H3. The van der Waals surface area contributed by atoms with Gasteiger partial charge in [-0.2, -0.15) is 0 Å². The number of fused-ring (bicyclic) bond motifs is 1. The van der Waals surface area contributed by atoms with E-state index in [1.165, 1.54) is 10.9 Å². The van der Waals surface area contributed by atoms with Crippen LogP contribution in [0, 0.1) is 0 Å². The number of nitrogens with zero attached hydrogens (tertiary/aromatic N) is 2. The van der Waals surface area contributed by atoms with Crippen LogP contribution in [0.25, 0.3) is 10.9 Å². The molecule has 4 nitrogen and oxygen atoms in total. The summed E-state index contributed by atoms with van der Waals surface area (Å²) in [5, 5.41) is 1.24. The Morgan fingerprint density at radius 2 is 2.16 bits per heavy atom. The number of aromatic nitrogens is 3. The van der Waals surface area contributed by atoms with E-state index in [0.29, 0.717) is 5.69 Å². The van der Waals surface area contributed by atoms with Gasteiger partial charge in [0.05, 0.1) is 12.0 Å². The molecule has 1 N–H and O–H groups in total. The summed E-state index contributed by atoms with van der Waals surface area (Å²) in [5.41, 5.74) is 3.94. The molecular weight excluding hydrogens is 238 g/mol. The molecule has 0 saturated carbocycles. The second-order valence-electron chi connectivity index (χ2n) is 4.66. The summed E-state index contributed by atoms with van der Waals surface area (Å²) in [5.74, 6) is 0. The van der Waals surface area contributed by atoms with Crippen molar-refractivity contribution in [2.75, 3.05) is 0 Å². The highest BCUT2D eigenvalue weighted by Gasteiger charge is 2.09. The molecule has 0 atom stereocenters. The molecule has 0 aliphatic heterocycles. The maximum Gasteiger partial charge on any atom is 0.168 e. The van der Waals surface area contributed by atoms with Gasteiger partial charge < -0.3 is 9.55 Å². The number of para-hydroxylation sites is 1. The first-order valence-corrected chi connectivity index (χ1v) is 6.30. The van der Waals surface area contributed by atoms with Crippen LogP contribution in [0.1, 0.15) is 21.7 Å². The zero-order valence-corrected chi connectivity index (χ0v) is 10.8. The van der Waals surface area contributed by atoms with Gasteiger partial charge in [-0.3, -0.25) is 4.79 Å². The number of hydrogen-bond acceptors (Lipinski definition) is 2. The molecular formula is C15H15N3O. The average Bonchev–Trinajstić information content (AvgIpc) is 3.00. The second-order valence-corrected chi connectivity index (χ2v) is 4.66. The van der Waals surface area contributed by atoms with E-state index in [1.54, 1.807) is 10.9 Å². The Morgan fingerprint density at radius 3 is 3.00 bits per heavy atom. The molecule has 0 fully saturated rings. The topological polar surface area (TPSA) is 50.7 Å². The third-order valence-corrected chi connectivity index (χ3v) is 3.48. The van der Waals surface area contributed by atoms with Crippen LogP contribution >= 0.6 is 0 Å². The number of nitrogens with one attached hydrogen (secondary N) is 1. The summed E-state index contributed by atoms with van der Waals surface area (Å²) >= 11 is 0. The zero-order chi connectivity index (χ0) is 13.2. The first kappa shape index (κ1) is 11.7. The predicted molar refractivity (Wildman–Crippen MR) is 74.3 cm³/mol. The van der Waals surface area contributed by atoms with Crippen LogP contribution in [0.3, 0.4) is 0 Å². The van der Waals surface area contributed by atoms with E-state index in [-0.39, 0.29) is 0 Å². The van der Waals surface area contributed by atoms with Gasteiger partial charge in [-0.15, -0.1) is 0 Å². The molecule has 2 heterocycles. The lowest BCUT2D eigenvalue weighted by molar-refractivity contribution is 0.111. The largest absolute Gasteiger partial charge is 0.361 e. The van der Waals surface area contributed by atoms with Crippen molar-refractivity contribution in [1.29, 1.82) is 0 Å². The maximum atomic E-state index is 11.0. The van der Waals surface area contributed by atoms with Crippen LogP contribution in [-0.2, 0) is 19.9 Å². The monoisotopic (exact) mass is 253 g/mol. The number of carbonyl (C=O) groups excluding carboxylic acids is 1. The number of aldehydes is 1. The van der Waals surface area contributed by atoms with Gasteiger partial charge in [-0.05, 0) is 24.5 Å². The fourth-order valence-corrected chi connectivity index (χ4v) is 2.42. The Balaban J connectivity index is 1.84. The molecule has 0 spiro atoms. The van der Waals surface area contributed by atoms with Crippen molar-refractivity contribution in [3.05, 3.63) is 53.7 Å². The summed E-state index contributed by atoms with van der Waals surface area (Å²) in [7, 11) is 1.84. The van der Waals surface area contributed by atoms with E-state index in [1.807, 2.05) is 25.4 Å². The highest BCUT2D eigenvalue weighted by Crippen LogP contribution is 2.19. The van der Waals surface area contributed by atoms with Crippen molar-refractivity contribution in [3.63, 3.8) is 0 Å². The molecule has 0 unspecified atom stereocenters. The van der Waals surface area contributed by atoms with E-state index in [9.17, 15) is 4.79 Å². The number of rotatable bonds is 4. The van der Waals surface area contributed by atoms with E-state index >= 15 is 0 Å². The van der Waals surface area contributed by atoms with Crippen molar-refractivity contribution >= 4 is 17.2 Å². The molecule has 0 aliphatic rings. The minimum absolute atomic E-state index is 0.667. The third-order valence-electron chi connectivity index (χ3n) is 3.48. The summed E-state index contributed by atoms with van der Waals surface area (Å²) in [6.45, 7) is 0. The average molecular weight is 253 g/mol. The number of H-pyrrole nitrogens is 1. The van der Waals surface area contributed by atoms with Gasteiger partial charge in [0.2, 0.25) is 0 Å². The molecule has 1 aromatic carbocycles. The van der Waals surface area contributed by atoms with Crippen molar-refractivity contribution < 1.29 is 4.79 Å². The van der Waals surface area contributed by atoms with Crippen molar-refractivity contribution in [1.82, 2.24) is 14.5 Å². The molecule has 4 heteroatoms. The second kappa shape index (κ2) is 4.72. The number of carbonyl (C=O) groups is 1. The quantitative estimate of drug-likeness (QED) is 0.726. The van der Waals surface area contributed by atoms with E-state index in [4.69, 9.17) is 0 Å². The van der Waals surface area contributed by atoms with Gasteiger partial charge in [-0.1, -0.05) is 18.2 Å². The fraction of sp³-hybridized carbons (Fsp3) is 0.200. The fourth-order valence-electron chi connectivity index (χ4n) is 2.42. The third kappa shape index (κ3) is 2.05. The first-order chi connectivity index (χ1) is 9.29. The smallest absolute Gasteiger partial charge is 0.168 e. The van der Waals surface area contributed by atoms with E-state index in [2.05, 4.69) is 22.1 Å². The van der Waals surface area contributed by atoms with Gasteiger partial charge in [0.1, 0.15) is 5.69 Å². The molecule has 19 heavy (non-hydrogen) atoms. The Labute approximate surface area is 111 Å². The van der Waals surface area contributed by atoms with Gasteiger partial charge in [0, 0.05) is 24.1 Å². The van der Waals surface area contributed by atoms with Gasteiger partial charge in [0.25, 0.3) is 0 Å². The zero-order valence-electron chi connectivity index (χ0n) is 10.8. The summed E-state index contributed by atoms with van der Waals surface area (Å²) in [4.78, 5) is 18.6. The molecule has 0 amide bonds. The minimum Gasteiger partial charge on any atom is -0.361 e.